The lowest BCUT2D eigenvalue weighted by molar-refractivity contribution is -0.302. The normalized spacial score (nSPS) is 18.8. The van der Waals surface area contributed by atoms with Gasteiger partial charge in [0.05, 0.1) is 25.4 Å². The summed E-state index contributed by atoms with van der Waals surface area (Å²) >= 11 is 0. The fourth-order valence-electron chi connectivity index (χ4n) is 11.2. The first-order valence-corrected chi connectivity index (χ1v) is 34.0. The monoisotopic (exact) mass is 1090 g/mol. The van der Waals surface area contributed by atoms with Crippen LogP contribution in [0.3, 0.4) is 0 Å². The fourth-order valence-corrected chi connectivity index (χ4v) is 11.2. The highest BCUT2D eigenvalue weighted by Gasteiger charge is 2.44. The van der Waals surface area contributed by atoms with Crippen molar-refractivity contribution in [2.24, 2.45) is 0 Å². The largest absolute Gasteiger partial charge is 0.394 e. The molecule has 0 aliphatic carbocycles. The Labute approximate surface area is 477 Å². The molecule has 1 aliphatic heterocycles. The van der Waals surface area contributed by atoms with Crippen molar-refractivity contribution < 1.29 is 39.8 Å². The predicted octanol–water partition coefficient (Wildman–Crippen LogP) is 18.1. The Balaban J connectivity index is 2.03. The van der Waals surface area contributed by atoms with E-state index in [2.05, 4.69) is 43.5 Å². The molecule has 1 aliphatic rings. The minimum atomic E-state index is -1.55. The predicted molar refractivity (Wildman–Crippen MR) is 327 cm³/mol. The number of aliphatic hydroxyl groups is 5. The number of ether oxygens (including phenoxy) is 2. The van der Waals surface area contributed by atoms with Gasteiger partial charge in [-0.3, -0.25) is 4.79 Å². The lowest BCUT2D eigenvalue weighted by Gasteiger charge is -2.40. The van der Waals surface area contributed by atoms with Gasteiger partial charge in [0.2, 0.25) is 5.91 Å². The van der Waals surface area contributed by atoms with Crippen LogP contribution in [0, 0.1) is 0 Å². The Hall–Kier alpha value is -1.33. The smallest absolute Gasteiger partial charge is 0.220 e. The summed E-state index contributed by atoms with van der Waals surface area (Å²) < 4.78 is 11.3. The topological polar surface area (TPSA) is 149 Å². The molecular weight excluding hydrogens is 959 g/mol. The number of allylic oxidation sites excluding steroid dienone is 4. The maximum Gasteiger partial charge on any atom is 0.220 e. The molecule has 1 amide bonds. The molecule has 0 saturated carbocycles. The lowest BCUT2D eigenvalue weighted by Crippen LogP contribution is -2.60. The van der Waals surface area contributed by atoms with Gasteiger partial charge in [0, 0.05) is 6.42 Å². The molecule has 1 heterocycles. The molecule has 7 atom stereocenters. The van der Waals surface area contributed by atoms with E-state index in [1.54, 1.807) is 0 Å². The van der Waals surface area contributed by atoms with E-state index in [9.17, 15) is 30.3 Å². The number of aliphatic hydroxyl groups excluding tert-OH is 5. The van der Waals surface area contributed by atoms with Gasteiger partial charge >= 0.3 is 0 Å². The molecule has 1 rings (SSSR count). The Kier molecular flexibility index (Phi) is 55.4. The van der Waals surface area contributed by atoms with Gasteiger partial charge in [-0.05, 0) is 44.9 Å². The lowest BCUT2D eigenvalue weighted by atomic mass is 9.99. The maximum absolute atomic E-state index is 13.1. The minimum absolute atomic E-state index is 0.134. The molecule has 77 heavy (non-hydrogen) atoms. The number of nitrogens with one attached hydrogen (secondary N) is 1. The maximum atomic E-state index is 13.1. The van der Waals surface area contributed by atoms with Crippen LogP contribution in [0.15, 0.2) is 24.3 Å². The highest BCUT2D eigenvalue weighted by atomic mass is 16.7. The van der Waals surface area contributed by atoms with Crippen molar-refractivity contribution in [2.45, 2.75) is 391 Å². The summed E-state index contributed by atoms with van der Waals surface area (Å²) in [5, 5.41) is 54.7. The molecule has 0 radical (unpaired) electrons. The van der Waals surface area contributed by atoms with E-state index < -0.39 is 49.5 Å². The molecule has 456 valence electrons. The summed E-state index contributed by atoms with van der Waals surface area (Å²) in [6.07, 6.45) is 68.3. The number of carbonyl (C=O) groups excluding carboxylic acids is 1. The molecule has 0 aromatic heterocycles. The molecule has 0 aromatic rings. The number of carbonyl (C=O) groups is 1. The van der Waals surface area contributed by atoms with E-state index >= 15 is 0 Å². The third kappa shape index (κ3) is 46.9. The van der Waals surface area contributed by atoms with Crippen LogP contribution in [0.2, 0.25) is 0 Å². The molecule has 6 N–H and O–H groups in total. The number of hydrogen-bond acceptors (Lipinski definition) is 8. The minimum Gasteiger partial charge on any atom is -0.394 e. The van der Waals surface area contributed by atoms with Crippen LogP contribution in [0.1, 0.15) is 348 Å². The standard InChI is InChI=1S/C68H131NO8/c1-3-5-7-9-11-13-15-17-19-20-21-22-23-24-25-26-27-28-29-30-31-32-33-34-35-36-37-38-39-40-41-42-44-46-48-50-52-54-56-58-64(72)69-61(60-76-68-67(75)66(74)65(73)63(59-70)77-68)62(71)57-55-53-51-49-47-45-43-18-16-14-12-10-8-6-4-2/h27-28,30-31,61-63,65-68,70-71,73-75H,3-26,29,32-60H2,1-2H3,(H,69,72)/b28-27-,31-30-. The Morgan fingerprint density at radius 2 is 0.766 bits per heavy atom. The summed E-state index contributed by atoms with van der Waals surface area (Å²) in [5.74, 6) is -0.139. The van der Waals surface area contributed by atoms with Crippen LogP contribution in [-0.4, -0.2) is 87.5 Å². The average molecular weight is 1090 g/mol. The van der Waals surface area contributed by atoms with Gasteiger partial charge in [-0.1, -0.05) is 321 Å². The van der Waals surface area contributed by atoms with Gasteiger partial charge in [0.15, 0.2) is 6.29 Å². The van der Waals surface area contributed by atoms with Crippen molar-refractivity contribution in [3.63, 3.8) is 0 Å². The van der Waals surface area contributed by atoms with Crippen LogP contribution >= 0.6 is 0 Å². The second-order valence-electron chi connectivity index (χ2n) is 24.0. The van der Waals surface area contributed by atoms with Gasteiger partial charge < -0.3 is 40.3 Å². The molecule has 1 fully saturated rings. The zero-order valence-electron chi connectivity index (χ0n) is 51.0. The van der Waals surface area contributed by atoms with Gasteiger partial charge in [-0.25, -0.2) is 0 Å². The molecule has 7 unspecified atom stereocenters. The summed E-state index contributed by atoms with van der Waals surface area (Å²) in [6.45, 7) is 3.88. The van der Waals surface area contributed by atoms with Gasteiger partial charge in [0.1, 0.15) is 24.4 Å². The summed E-state index contributed by atoms with van der Waals surface area (Å²) in [6, 6.07) is -0.717. The summed E-state index contributed by atoms with van der Waals surface area (Å²) in [5.41, 5.74) is 0. The van der Waals surface area contributed by atoms with Crippen LogP contribution < -0.4 is 5.32 Å². The summed E-state index contributed by atoms with van der Waals surface area (Å²) in [4.78, 5) is 13.1. The summed E-state index contributed by atoms with van der Waals surface area (Å²) in [7, 11) is 0. The van der Waals surface area contributed by atoms with Crippen molar-refractivity contribution in [1.29, 1.82) is 0 Å². The van der Waals surface area contributed by atoms with Crippen molar-refractivity contribution in [3.8, 4) is 0 Å². The number of amides is 1. The Bertz CT molecular complexity index is 1260. The first kappa shape index (κ1) is 73.7. The van der Waals surface area contributed by atoms with Crippen LogP contribution in [0.4, 0.5) is 0 Å². The average Bonchev–Trinajstić information content (AvgIpc) is 3.43. The van der Waals surface area contributed by atoms with E-state index in [1.165, 1.54) is 276 Å². The second-order valence-corrected chi connectivity index (χ2v) is 24.0. The quantitative estimate of drug-likeness (QED) is 0.0261. The first-order valence-electron chi connectivity index (χ1n) is 34.0. The molecule has 1 saturated heterocycles. The Morgan fingerprint density at radius 3 is 1.12 bits per heavy atom. The van der Waals surface area contributed by atoms with Crippen molar-refractivity contribution in [1.82, 2.24) is 5.32 Å². The van der Waals surface area contributed by atoms with Crippen LogP contribution in [0.25, 0.3) is 0 Å². The molecule has 0 aromatic carbocycles. The molecule has 9 heteroatoms. The van der Waals surface area contributed by atoms with Crippen molar-refractivity contribution in [3.05, 3.63) is 24.3 Å². The SMILES string of the molecule is CCCCCCCCCCCCCCCCC/C=C\C/C=C\CCCCCCCCCCCCCCCCCCCC(=O)NC(COC1OC(CO)C(O)C(O)C1O)C(O)CCCCCCCCCCCCCCCCC. The zero-order chi connectivity index (χ0) is 55.8. The third-order valence-corrected chi connectivity index (χ3v) is 16.6. The highest BCUT2D eigenvalue weighted by molar-refractivity contribution is 5.76. The highest BCUT2D eigenvalue weighted by Crippen LogP contribution is 2.24. The van der Waals surface area contributed by atoms with Gasteiger partial charge in [-0.15, -0.1) is 0 Å². The fraction of sp³-hybridized carbons (Fsp3) is 0.926. The number of rotatable bonds is 60. The third-order valence-electron chi connectivity index (χ3n) is 16.6. The van der Waals surface area contributed by atoms with E-state index in [1.807, 2.05) is 0 Å². The van der Waals surface area contributed by atoms with E-state index in [0.29, 0.717) is 12.8 Å². The molecule has 0 bridgehead atoms. The number of unbranched alkanes of at least 4 members (excludes halogenated alkanes) is 46. The molecule has 9 nitrogen and oxygen atoms in total. The Morgan fingerprint density at radius 1 is 0.442 bits per heavy atom. The number of hydrogen-bond donors (Lipinski definition) is 6. The molecular formula is C68H131NO8. The van der Waals surface area contributed by atoms with E-state index in [4.69, 9.17) is 9.47 Å². The van der Waals surface area contributed by atoms with Gasteiger partial charge in [0.25, 0.3) is 0 Å². The van der Waals surface area contributed by atoms with Crippen molar-refractivity contribution in [2.75, 3.05) is 13.2 Å². The van der Waals surface area contributed by atoms with Crippen molar-refractivity contribution >= 4 is 5.91 Å². The van der Waals surface area contributed by atoms with E-state index in [0.717, 1.165) is 44.9 Å². The van der Waals surface area contributed by atoms with Gasteiger partial charge in [-0.2, -0.15) is 0 Å². The first-order chi connectivity index (χ1) is 37.8. The molecule has 0 spiro atoms. The van der Waals surface area contributed by atoms with Crippen LogP contribution in [0.5, 0.6) is 0 Å². The zero-order valence-corrected chi connectivity index (χ0v) is 51.0. The van der Waals surface area contributed by atoms with Crippen LogP contribution in [-0.2, 0) is 14.3 Å². The van der Waals surface area contributed by atoms with E-state index in [-0.39, 0.29) is 12.5 Å². The second kappa shape index (κ2) is 57.9.